The smallest absolute Gasteiger partial charge is 0.144 e. The van der Waals surface area contributed by atoms with Gasteiger partial charge in [0.2, 0.25) is 0 Å². The van der Waals surface area contributed by atoms with E-state index in [1.807, 2.05) is 12.1 Å². The molecule has 3 aliphatic rings. The van der Waals surface area contributed by atoms with Crippen molar-refractivity contribution in [3.8, 4) is 5.75 Å². The number of hydrogen-bond acceptors (Lipinski definition) is 5. The van der Waals surface area contributed by atoms with Crippen molar-refractivity contribution in [1.29, 1.82) is 0 Å². The van der Waals surface area contributed by atoms with Gasteiger partial charge in [0.1, 0.15) is 12.4 Å². The van der Waals surface area contributed by atoms with Gasteiger partial charge in [-0.2, -0.15) is 0 Å². The van der Waals surface area contributed by atoms with Crippen molar-refractivity contribution in [2.75, 3.05) is 50.1 Å². The second kappa shape index (κ2) is 5.39. The Morgan fingerprint density at radius 2 is 1.95 bits per heavy atom. The first-order valence-electron chi connectivity index (χ1n) is 7.92. The van der Waals surface area contributed by atoms with Crippen molar-refractivity contribution in [2.24, 2.45) is 0 Å². The van der Waals surface area contributed by atoms with Crippen LogP contribution >= 0.6 is 0 Å². The van der Waals surface area contributed by atoms with Crippen LogP contribution in [0.15, 0.2) is 18.2 Å². The van der Waals surface area contributed by atoms with Gasteiger partial charge in [-0.1, -0.05) is 0 Å². The van der Waals surface area contributed by atoms with Gasteiger partial charge in [0.25, 0.3) is 0 Å². The SMILES string of the molecule is Nc1ccc2c(c1)OC[C@H]1CN(C3CCOCC3)CCN21. The summed E-state index contributed by atoms with van der Waals surface area (Å²) in [5, 5.41) is 0. The Kier molecular flexibility index (Phi) is 3.39. The lowest BCUT2D eigenvalue weighted by Gasteiger charge is -2.48. The van der Waals surface area contributed by atoms with Crippen LogP contribution in [0.5, 0.6) is 5.75 Å². The molecular weight excluding hydrogens is 266 g/mol. The molecule has 2 saturated heterocycles. The van der Waals surface area contributed by atoms with Crippen LogP contribution in [-0.2, 0) is 4.74 Å². The normalized spacial score (nSPS) is 26.9. The molecule has 5 nitrogen and oxygen atoms in total. The molecule has 2 fully saturated rings. The highest BCUT2D eigenvalue weighted by Gasteiger charge is 2.35. The van der Waals surface area contributed by atoms with E-state index < -0.39 is 0 Å². The molecular formula is C16H23N3O2. The quantitative estimate of drug-likeness (QED) is 0.791. The summed E-state index contributed by atoms with van der Waals surface area (Å²) in [6.45, 7) is 5.88. The maximum Gasteiger partial charge on any atom is 0.144 e. The number of fused-ring (bicyclic) bond motifs is 3. The molecule has 114 valence electrons. The third kappa shape index (κ3) is 2.45. The number of hydrogen-bond donors (Lipinski definition) is 1. The van der Waals surface area contributed by atoms with E-state index in [9.17, 15) is 0 Å². The molecule has 2 N–H and O–H groups in total. The molecule has 3 aliphatic heterocycles. The molecule has 1 aromatic carbocycles. The first-order chi connectivity index (χ1) is 10.3. The van der Waals surface area contributed by atoms with E-state index >= 15 is 0 Å². The minimum atomic E-state index is 0.456. The van der Waals surface area contributed by atoms with E-state index in [0.717, 1.165) is 50.9 Å². The van der Waals surface area contributed by atoms with Crippen molar-refractivity contribution in [3.05, 3.63) is 18.2 Å². The average molecular weight is 289 g/mol. The second-order valence-corrected chi connectivity index (χ2v) is 6.22. The third-order valence-corrected chi connectivity index (χ3v) is 4.95. The van der Waals surface area contributed by atoms with Gasteiger partial charge >= 0.3 is 0 Å². The summed E-state index contributed by atoms with van der Waals surface area (Å²) in [5.74, 6) is 0.936. The largest absolute Gasteiger partial charge is 0.489 e. The molecule has 1 aromatic rings. The van der Waals surface area contributed by atoms with Gasteiger partial charge in [-0.3, -0.25) is 4.90 Å². The lowest BCUT2D eigenvalue weighted by Crippen LogP contribution is -2.59. The number of nitrogen functional groups attached to an aromatic ring is 1. The second-order valence-electron chi connectivity index (χ2n) is 6.22. The zero-order valence-electron chi connectivity index (χ0n) is 12.3. The molecule has 0 aliphatic carbocycles. The van der Waals surface area contributed by atoms with Crippen LogP contribution in [0.4, 0.5) is 11.4 Å². The van der Waals surface area contributed by atoms with Gasteiger partial charge in [-0.25, -0.2) is 0 Å². The molecule has 0 bridgehead atoms. The molecule has 3 heterocycles. The monoisotopic (exact) mass is 289 g/mol. The zero-order chi connectivity index (χ0) is 14.2. The van der Waals surface area contributed by atoms with E-state index in [1.165, 1.54) is 18.5 Å². The molecule has 0 aromatic heterocycles. The van der Waals surface area contributed by atoms with Gasteiger partial charge in [-0.15, -0.1) is 0 Å². The summed E-state index contributed by atoms with van der Waals surface area (Å²) in [6.07, 6.45) is 2.33. The number of rotatable bonds is 1. The Morgan fingerprint density at radius 1 is 1.10 bits per heavy atom. The predicted molar refractivity (Wildman–Crippen MR) is 82.9 cm³/mol. The van der Waals surface area contributed by atoms with Crippen LogP contribution in [0.2, 0.25) is 0 Å². The van der Waals surface area contributed by atoms with Crippen LogP contribution in [0.25, 0.3) is 0 Å². The van der Waals surface area contributed by atoms with Gasteiger partial charge < -0.3 is 20.1 Å². The third-order valence-electron chi connectivity index (χ3n) is 4.95. The van der Waals surface area contributed by atoms with Crippen LogP contribution < -0.4 is 15.4 Å². The molecule has 0 spiro atoms. The fourth-order valence-electron chi connectivity index (χ4n) is 3.79. The van der Waals surface area contributed by atoms with Crippen molar-refractivity contribution in [3.63, 3.8) is 0 Å². The number of anilines is 2. The van der Waals surface area contributed by atoms with Gasteiger partial charge in [0, 0.05) is 50.6 Å². The van der Waals surface area contributed by atoms with Gasteiger partial charge in [0.15, 0.2) is 0 Å². The van der Waals surface area contributed by atoms with Crippen molar-refractivity contribution in [1.82, 2.24) is 4.90 Å². The Morgan fingerprint density at radius 3 is 2.81 bits per heavy atom. The number of benzene rings is 1. The molecule has 4 rings (SSSR count). The minimum absolute atomic E-state index is 0.456. The number of ether oxygens (including phenoxy) is 2. The molecule has 21 heavy (non-hydrogen) atoms. The maximum atomic E-state index is 5.94. The summed E-state index contributed by atoms with van der Waals surface area (Å²) >= 11 is 0. The Hall–Kier alpha value is -1.46. The fourth-order valence-corrected chi connectivity index (χ4v) is 3.79. The summed E-state index contributed by atoms with van der Waals surface area (Å²) < 4.78 is 11.4. The van der Waals surface area contributed by atoms with Crippen molar-refractivity contribution < 1.29 is 9.47 Å². The van der Waals surface area contributed by atoms with Crippen LogP contribution in [-0.4, -0.2) is 56.4 Å². The standard InChI is InChI=1S/C16H23N3O2/c17-12-1-2-15-16(9-12)21-11-14-10-18(5-6-19(14)15)13-3-7-20-8-4-13/h1-2,9,13-14H,3-8,10-11,17H2/t14-/m1/s1. The summed E-state index contributed by atoms with van der Waals surface area (Å²) in [4.78, 5) is 5.13. The van der Waals surface area contributed by atoms with E-state index in [0.29, 0.717) is 12.1 Å². The lowest BCUT2D eigenvalue weighted by atomic mass is 10.0. The molecule has 5 heteroatoms. The topological polar surface area (TPSA) is 51.0 Å². The summed E-state index contributed by atoms with van der Waals surface area (Å²) in [5.41, 5.74) is 7.82. The highest BCUT2D eigenvalue weighted by Crippen LogP contribution is 2.37. The van der Waals surface area contributed by atoms with Crippen molar-refractivity contribution in [2.45, 2.75) is 24.9 Å². The highest BCUT2D eigenvalue weighted by molar-refractivity contribution is 5.66. The first kappa shape index (κ1) is 13.2. The van der Waals surface area contributed by atoms with Crippen LogP contribution in [0, 0.1) is 0 Å². The van der Waals surface area contributed by atoms with Gasteiger partial charge in [-0.05, 0) is 25.0 Å². The molecule has 0 unspecified atom stereocenters. The Labute approximate surface area is 125 Å². The van der Waals surface area contributed by atoms with Gasteiger partial charge in [0.05, 0.1) is 11.7 Å². The zero-order valence-corrected chi connectivity index (χ0v) is 12.3. The Bertz CT molecular complexity index is 516. The predicted octanol–water partition coefficient (Wildman–Crippen LogP) is 1.33. The Balaban J connectivity index is 1.49. The number of nitrogens with zero attached hydrogens (tertiary/aromatic N) is 2. The van der Waals surface area contributed by atoms with Crippen molar-refractivity contribution >= 4 is 11.4 Å². The lowest BCUT2D eigenvalue weighted by molar-refractivity contribution is 0.0231. The highest BCUT2D eigenvalue weighted by atomic mass is 16.5. The van der Waals surface area contributed by atoms with E-state index in [2.05, 4.69) is 15.9 Å². The first-order valence-corrected chi connectivity index (χ1v) is 7.92. The minimum Gasteiger partial charge on any atom is -0.489 e. The number of piperazine rings is 1. The molecule has 1 atom stereocenters. The maximum absolute atomic E-state index is 5.94. The summed E-state index contributed by atoms with van der Waals surface area (Å²) in [7, 11) is 0. The molecule has 0 saturated carbocycles. The summed E-state index contributed by atoms with van der Waals surface area (Å²) in [6, 6.07) is 7.15. The number of nitrogens with two attached hydrogens (primary N) is 1. The molecule has 0 radical (unpaired) electrons. The van der Waals surface area contributed by atoms with E-state index in [-0.39, 0.29) is 0 Å². The van der Waals surface area contributed by atoms with Crippen LogP contribution in [0.1, 0.15) is 12.8 Å². The molecule has 0 amide bonds. The van der Waals surface area contributed by atoms with E-state index in [1.54, 1.807) is 0 Å². The van der Waals surface area contributed by atoms with E-state index in [4.69, 9.17) is 15.2 Å². The average Bonchev–Trinajstić information content (AvgIpc) is 2.54. The van der Waals surface area contributed by atoms with Crippen LogP contribution in [0.3, 0.4) is 0 Å². The fraction of sp³-hybridized carbons (Fsp3) is 0.625.